The highest BCUT2D eigenvalue weighted by Crippen LogP contribution is 2.27. The Balaban J connectivity index is 1.54. The first-order valence-electron chi connectivity index (χ1n) is 8.62. The van der Waals surface area contributed by atoms with E-state index in [1.54, 1.807) is 0 Å². The van der Waals surface area contributed by atoms with Crippen molar-refractivity contribution in [2.45, 2.75) is 12.5 Å². The minimum Gasteiger partial charge on any atom is -0.378 e. The summed E-state index contributed by atoms with van der Waals surface area (Å²) in [5.41, 5.74) is 3.94. The Morgan fingerprint density at radius 3 is 2.84 bits per heavy atom. The van der Waals surface area contributed by atoms with Crippen LogP contribution in [0.1, 0.15) is 22.8 Å². The van der Waals surface area contributed by atoms with E-state index in [4.69, 9.17) is 0 Å². The Kier molecular flexibility index (Phi) is 3.92. The largest absolute Gasteiger partial charge is 0.378 e. The lowest BCUT2D eigenvalue weighted by atomic mass is 10.1. The van der Waals surface area contributed by atoms with E-state index in [0.717, 1.165) is 41.8 Å². The summed E-state index contributed by atoms with van der Waals surface area (Å²) in [6, 6.07) is 16.3. The first-order chi connectivity index (χ1) is 12.1. The monoisotopic (exact) mass is 334 g/mol. The second-order valence-electron chi connectivity index (χ2n) is 6.78. The molecule has 0 bridgehead atoms. The number of hydrogen-bond donors (Lipinski definition) is 0. The molecule has 0 saturated carbocycles. The van der Waals surface area contributed by atoms with Crippen molar-refractivity contribution in [3.05, 3.63) is 60.4 Å². The average molecular weight is 334 g/mol. The average Bonchev–Trinajstić information content (AvgIpc) is 3.28. The highest BCUT2D eigenvalue weighted by molar-refractivity contribution is 5.95. The van der Waals surface area contributed by atoms with E-state index in [0.29, 0.717) is 0 Å². The number of nitrogens with zero attached hydrogens (tertiary/aromatic N) is 4. The molecule has 2 heterocycles. The van der Waals surface area contributed by atoms with Crippen LogP contribution < -0.4 is 4.90 Å². The summed E-state index contributed by atoms with van der Waals surface area (Å²) in [5, 5.41) is 0. The summed E-state index contributed by atoms with van der Waals surface area (Å²) in [5.74, 6) is 0.107. The van der Waals surface area contributed by atoms with Crippen LogP contribution in [-0.2, 0) is 0 Å². The minimum atomic E-state index is 0.107. The van der Waals surface area contributed by atoms with Crippen LogP contribution >= 0.6 is 0 Å². The van der Waals surface area contributed by atoms with Gasteiger partial charge in [0.1, 0.15) is 0 Å². The maximum Gasteiger partial charge on any atom is 0.254 e. The van der Waals surface area contributed by atoms with Crippen LogP contribution in [0.3, 0.4) is 0 Å². The van der Waals surface area contributed by atoms with Crippen molar-refractivity contribution >= 4 is 22.6 Å². The van der Waals surface area contributed by atoms with E-state index in [-0.39, 0.29) is 11.9 Å². The third-order valence-electron chi connectivity index (χ3n) is 4.93. The molecule has 1 aliphatic heterocycles. The van der Waals surface area contributed by atoms with Gasteiger partial charge in [0.2, 0.25) is 0 Å². The fourth-order valence-corrected chi connectivity index (χ4v) is 3.52. The van der Waals surface area contributed by atoms with Gasteiger partial charge in [-0.1, -0.05) is 18.2 Å². The summed E-state index contributed by atoms with van der Waals surface area (Å²) in [6.45, 7) is 1.51. The number of aromatic nitrogens is 2. The van der Waals surface area contributed by atoms with Gasteiger partial charge in [-0.25, -0.2) is 4.98 Å². The number of para-hydroxylation sites is 2. The van der Waals surface area contributed by atoms with Gasteiger partial charge in [-0.05, 0) is 36.8 Å². The number of benzene rings is 2. The summed E-state index contributed by atoms with van der Waals surface area (Å²) >= 11 is 0. The molecule has 0 unspecified atom stereocenters. The number of hydrogen-bond acceptors (Lipinski definition) is 3. The third kappa shape index (κ3) is 2.86. The van der Waals surface area contributed by atoms with Crippen molar-refractivity contribution in [3.63, 3.8) is 0 Å². The molecule has 2 aromatic carbocycles. The maximum atomic E-state index is 12.9. The normalized spacial score (nSPS) is 17.2. The van der Waals surface area contributed by atoms with E-state index in [2.05, 4.69) is 15.6 Å². The van der Waals surface area contributed by atoms with Crippen molar-refractivity contribution in [1.29, 1.82) is 0 Å². The molecule has 4 rings (SSSR count). The van der Waals surface area contributed by atoms with Crippen molar-refractivity contribution in [2.75, 3.05) is 32.1 Å². The van der Waals surface area contributed by atoms with Gasteiger partial charge in [-0.15, -0.1) is 0 Å². The number of likely N-dealkylation sites (tertiary alicyclic amines) is 1. The Labute approximate surface area is 147 Å². The van der Waals surface area contributed by atoms with Crippen molar-refractivity contribution in [1.82, 2.24) is 14.5 Å². The fourth-order valence-electron chi connectivity index (χ4n) is 3.52. The lowest BCUT2D eigenvalue weighted by Crippen LogP contribution is -2.29. The third-order valence-corrected chi connectivity index (χ3v) is 4.93. The van der Waals surface area contributed by atoms with Gasteiger partial charge in [0.05, 0.1) is 23.4 Å². The number of anilines is 1. The standard InChI is InChI=1S/C20H22N4O/c1-22(2)16-7-5-6-15(12-16)20(25)23-11-10-17(13-23)24-14-21-18-8-3-4-9-19(18)24/h3-9,12,14,17H,10-11,13H2,1-2H3/t17-/m1/s1. The molecule has 0 N–H and O–H groups in total. The van der Waals surface area contributed by atoms with Gasteiger partial charge in [0, 0.05) is 38.4 Å². The van der Waals surface area contributed by atoms with E-state index in [9.17, 15) is 4.79 Å². The lowest BCUT2D eigenvalue weighted by Gasteiger charge is -2.19. The van der Waals surface area contributed by atoms with Crippen molar-refractivity contribution < 1.29 is 4.79 Å². The highest BCUT2D eigenvalue weighted by atomic mass is 16.2. The van der Waals surface area contributed by atoms with Gasteiger partial charge in [-0.3, -0.25) is 4.79 Å². The van der Waals surface area contributed by atoms with E-state index in [1.807, 2.05) is 72.7 Å². The van der Waals surface area contributed by atoms with E-state index >= 15 is 0 Å². The molecular formula is C20H22N4O. The second kappa shape index (κ2) is 6.24. The molecule has 0 radical (unpaired) electrons. The lowest BCUT2D eigenvalue weighted by molar-refractivity contribution is 0.0788. The molecule has 1 fully saturated rings. The Morgan fingerprint density at radius 2 is 2.00 bits per heavy atom. The molecule has 1 aliphatic rings. The van der Waals surface area contributed by atoms with Crippen LogP contribution in [0, 0.1) is 0 Å². The summed E-state index contributed by atoms with van der Waals surface area (Å²) in [7, 11) is 3.97. The number of rotatable bonds is 3. The number of amides is 1. The first kappa shape index (κ1) is 15.7. The topological polar surface area (TPSA) is 41.4 Å². The second-order valence-corrected chi connectivity index (χ2v) is 6.78. The van der Waals surface area contributed by atoms with E-state index < -0.39 is 0 Å². The van der Waals surface area contributed by atoms with Crippen LogP contribution in [-0.4, -0.2) is 47.5 Å². The molecule has 128 valence electrons. The Morgan fingerprint density at radius 1 is 1.16 bits per heavy atom. The highest BCUT2D eigenvalue weighted by Gasteiger charge is 2.28. The van der Waals surface area contributed by atoms with Crippen LogP contribution in [0.5, 0.6) is 0 Å². The number of carbonyl (C=O) groups excluding carboxylic acids is 1. The van der Waals surface area contributed by atoms with E-state index in [1.165, 1.54) is 0 Å². The van der Waals surface area contributed by atoms with Crippen molar-refractivity contribution in [2.24, 2.45) is 0 Å². The quantitative estimate of drug-likeness (QED) is 0.739. The smallest absolute Gasteiger partial charge is 0.254 e. The Hall–Kier alpha value is -2.82. The van der Waals surface area contributed by atoms with Crippen molar-refractivity contribution in [3.8, 4) is 0 Å². The van der Waals surface area contributed by atoms with Gasteiger partial charge in [-0.2, -0.15) is 0 Å². The SMILES string of the molecule is CN(C)c1cccc(C(=O)N2CC[C@@H](n3cnc4ccccc43)C2)c1. The van der Waals surface area contributed by atoms with Gasteiger partial charge < -0.3 is 14.4 Å². The molecule has 5 nitrogen and oxygen atoms in total. The molecule has 1 aromatic heterocycles. The van der Waals surface area contributed by atoms with Gasteiger partial charge >= 0.3 is 0 Å². The zero-order chi connectivity index (χ0) is 17.4. The van der Waals surface area contributed by atoms with Crippen LogP contribution in [0.15, 0.2) is 54.9 Å². The first-order valence-corrected chi connectivity index (χ1v) is 8.62. The minimum absolute atomic E-state index is 0.107. The fraction of sp³-hybridized carbons (Fsp3) is 0.300. The summed E-state index contributed by atoms with van der Waals surface area (Å²) in [4.78, 5) is 21.3. The van der Waals surface area contributed by atoms with Gasteiger partial charge in [0.25, 0.3) is 5.91 Å². The van der Waals surface area contributed by atoms with Crippen LogP contribution in [0.4, 0.5) is 5.69 Å². The molecule has 25 heavy (non-hydrogen) atoms. The molecule has 1 saturated heterocycles. The molecule has 0 spiro atoms. The predicted octanol–water partition coefficient (Wildman–Crippen LogP) is 3.19. The Bertz CT molecular complexity index is 915. The molecule has 1 amide bonds. The number of imidazole rings is 1. The maximum absolute atomic E-state index is 12.9. The zero-order valence-electron chi connectivity index (χ0n) is 14.6. The van der Waals surface area contributed by atoms with Gasteiger partial charge in [0.15, 0.2) is 0 Å². The summed E-state index contributed by atoms with van der Waals surface area (Å²) < 4.78 is 2.21. The number of carbonyl (C=O) groups is 1. The molecule has 0 aliphatic carbocycles. The summed E-state index contributed by atoms with van der Waals surface area (Å²) in [6.07, 6.45) is 2.86. The van der Waals surface area contributed by atoms with Crippen LogP contribution in [0.25, 0.3) is 11.0 Å². The molecule has 3 aromatic rings. The zero-order valence-corrected chi connectivity index (χ0v) is 14.6. The molecule has 5 heteroatoms. The predicted molar refractivity (Wildman–Crippen MR) is 100 cm³/mol. The number of fused-ring (bicyclic) bond motifs is 1. The van der Waals surface area contributed by atoms with Crippen LogP contribution in [0.2, 0.25) is 0 Å². The molecular weight excluding hydrogens is 312 g/mol. The molecule has 1 atom stereocenters.